The molecule has 0 aliphatic rings. The number of carboxylic acid groups (broad SMARTS) is 1. The average molecular weight is 438 g/mol. The topological polar surface area (TPSA) is 91.9 Å². The Morgan fingerprint density at radius 1 is 0.909 bits per heavy atom. The Morgan fingerprint density at radius 2 is 1.52 bits per heavy atom. The van der Waals surface area contributed by atoms with E-state index >= 15 is 0 Å². The molecule has 0 spiro atoms. The Morgan fingerprint density at radius 3 is 2.09 bits per heavy atom. The zero-order chi connectivity index (χ0) is 23.4. The van der Waals surface area contributed by atoms with Crippen molar-refractivity contribution in [1.29, 1.82) is 0 Å². The molecule has 0 bridgehead atoms. The Kier molecular flexibility index (Phi) is 6.17. The fourth-order valence-electron chi connectivity index (χ4n) is 4.00. The lowest BCUT2D eigenvalue weighted by molar-refractivity contribution is -0.106. The molecule has 1 amide bonds. The van der Waals surface area contributed by atoms with Crippen molar-refractivity contribution in [1.82, 2.24) is 4.57 Å². The van der Waals surface area contributed by atoms with Gasteiger partial charge in [0.2, 0.25) is 12.3 Å². The van der Waals surface area contributed by atoms with Gasteiger partial charge in [-0.05, 0) is 35.7 Å². The molecule has 0 aliphatic heterocycles. The zero-order valence-electron chi connectivity index (χ0n) is 18.0. The van der Waals surface area contributed by atoms with Gasteiger partial charge < -0.3 is 14.8 Å². The first-order valence-electron chi connectivity index (χ1n) is 10.4. The Bertz CT molecular complexity index is 1320. The predicted octanol–water partition coefficient (Wildman–Crippen LogP) is 4.91. The molecule has 4 aromatic rings. The number of aromatic hydroxyl groups is 1. The maximum atomic E-state index is 11.4. The van der Waals surface area contributed by atoms with E-state index in [0.717, 1.165) is 22.4 Å². The van der Waals surface area contributed by atoms with Crippen LogP contribution in [0.1, 0.15) is 32.6 Å². The summed E-state index contributed by atoms with van der Waals surface area (Å²) in [6, 6.07) is 25.4. The molecule has 2 N–H and O–H groups in total. The molecule has 0 unspecified atom stereocenters. The first kappa shape index (κ1) is 21.8. The van der Waals surface area contributed by atoms with Crippen LogP contribution in [0, 0.1) is 6.92 Å². The second kappa shape index (κ2) is 9.36. The number of aromatic nitrogens is 1. The van der Waals surface area contributed by atoms with E-state index in [2.05, 4.69) is 4.99 Å². The van der Waals surface area contributed by atoms with Crippen LogP contribution in [0.3, 0.4) is 0 Å². The summed E-state index contributed by atoms with van der Waals surface area (Å²) in [5.41, 5.74) is 5.07. The van der Waals surface area contributed by atoms with Gasteiger partial charge in [0, 0.05) is 5.56 Å². The molecule has 0 aliphatic carbocycles. The van der Waals surface area contributed by atoms with Crippen molar-refractivity contribution in [3.63, 3.8) is 0 Å². The minimum atomic E-state index is -0.994. The molecule has 0 saturated carbocycles. The van der Waals surface area contributed by atoms with Crippen molar-refractivity contribution in [2.75, 3.05) is 0 Å². The number of carboxylic acids is 1. The van der Waals surface area contributed by atoms with E-state index in [1.165, 1.54) is 12.1 Å². The van der Waals surface area contributed by atoms with Gasteiger partial charge in [0.25, 0.3) is 0 Å². The summed E-state index contributed by atoms with van der Waals surface area (Å²) in [4.78, 5) is 26.7. The Hall–Kier alpha value is -4.45. The minimum absolute atomic E-state index is 0.0156. The van der Waals surface area contributed by atoms with E-state index in [4.69, 9.17) is 0 Å². The highest BCUT2D eigenvalue weighted by Gasteiger charge is 2.25. The van der Waals surface area contributed by atoms with Crippen molar-refractivity contribution >= 4 is 18.1 Å². The molecule has 1 heterocycles. The lowest BCUT2D eigenvalue weighted by Crippen LogP contribution is -2.06. The quantitative estimate of drug-likeness (QED) is 0.317. The molecule has 0 atom stereocenters. The van der Waals surface area contributed by atoms with Crippen LogP contribution in [-0.4, -0.2) is 32.9 Å². The SMILES string of the molecule is Cc1c(C(=NC=O)c2ccccc2)c(O)n(Cc2ccc(C(=O)O)cc2)c1-c1ccccc1. The lowest BCUT2D eigenvalue weighted by Gasteiger charge is -2.12. The number of rotatable bonds is 7. The van der Waals surface area contributed by atoms with Crippen molar-refractivity contribution in [2.45, 2.75) is 13.5 Å². The van der Waals surface area contributed by atoms with Crippen molar-refractivity contribution < 1.29 is 19.8 Å². The fourth-order valence-corrected chi connectivity index (χ4v) is 4.00. The summed E-state index contributed by atoms with van der Waals surface area (Å²) >= 11 is 0. The number of amides is 1. The highest BCUT2D eigenvalue weighted by atomic mass is 16.4. The predicted molar refractivity (Wildman–Crippen MR) is 127 cm³/mol. The largest absolute Gasteiger partial charge is 0.494 e. The van der Waals surface area contributed by atoms with Gasteiger partial charge in [0.1, 0.15) is 0 Å². The van der Waals surface area contributed by atoms with Crippen LogP contribution in [0.5, 0.6) is 5.88 Å². The van der Waals surface area contributed by atoms with E-state index < -0.39 is 5.97 Å². The van der Waals surface area contributed by atoms with Crippen LogP contribution in [0.4, 0.5) is 0 Å². The van der Waals surface area contributed by atoms with Crippen LogP contribution in [0.15, 0.2) is 89.9 Å². The molecule has 4 rings (SSSR count). The maximum absolute atomic E-state index is 11.4. The molecule has 3 aromatic carbocycles. The molecular weight excluding hydrogens is 416 g/mol. The maximum Gasteiger partial charge on any atom is 0.335 e. The summed E-state index contributed by atoms with van der Waals surface area (Å²) in [5, 5.41) is 20.6. The number of benzene rings is 3. The summed E-state index contributed by atoms with van der Waals surface area (Å²) in [6.07, 6.45) is 0.478. The van der Waals surface area contributed by atoms with Gasteiger partial charge >= 0.3 is 5.97 Å². The van der Waals surface area contributed by atoms with Gasteiger partial charge in [-0.25, -0.2) is 9.79 Å². The molecular formula is C27H22N2O4. The van der Waals surface area contributed by atoms with Crippen molar-refractivity contribution in [3.05, 3.63) is 113 Å². The molecule has 0 saturated heterocycles. The third-order valence-corrected chi connectivity index (χ3v) is 5.53. The van der Waals surface area contributed by atoms with Crippen LogP contribution in [0.25, 0.3) is 11.3 Å². The molecule has 6 heteroatoms. The normalized spacial score (nSPS) is 11.4. The van der Waals surface area contributed by atoms with Crippen molar-refractivity contribution in [2.24, 2.45) is 4.99 Å². The third kappa shape index (κ3) is 4.32. The van der Waals surface area contributed by atoms with Gasteiger partial charge in [-0.2, -0.15) is 0 Å². The highest BCUT2D eigenvalue weighted by Crippen LogP contribution is 2.37. The second-order valence-electron chi connectivity index (χ2n) is 7.58. The fraction of sp³-hybridized carbons (Fsp3) is 0.0741. The summed E-state index contributed by atoms with van der Waals surface area (Å²) < 4.78 is 1.76. The molecule has 0 radical (unpaired) electrons. The Labute approximate surface area is 191 Å². The minimum Gasteiger partial charge on any atom is -0.494 e. The first-order chi connectivity index (χ1) is 16.0. The van der Waals surface area contributed by atoms with Gasteiger partial charge in [-0.15, -0.1) is 0 Å². The van der Waals surface area contributed by atoms with E-state index in [1.54, 1.807) is 16.7 Å². The first-order valence-corrected chi connectivity index (χ1v) is 10.4. The Balaban J connectivity index is 1.91. The summed E-state index contributed by atoms with van der Waals surface area (Å²) in [7, 11) is 0. The molecule has 6 nitrogen and oxygen atoms in total. The van der Waals surface area contributed by atoms with Crippen LogP contribution in [-0.2, 0) is 11.3 Å². The molecule has 164 valence electrons. The number of nitrogens with zero attached hydrogens (tertiary/aromatic N) is 2. The standard InChI is InChI=1S/C27H22N2O4/c1-18-23(24(28-17-30)20-8-4-2-5-9-20)26(31)29(25(18)21-10-6-3-7-11-21)16-19-12-14-22(15-13-19)27(32)33/h2-15,17,31H,16H2,1H3,(H,32,33). The number of hydrogen-bond donors (Lipinski definition) is 2. The van der Waals surface area contributed by atoms with E-state index in [9.17, 15) is 19.8 Å². The van der Waals surface area contributed by atoms with Crippen molar-refractivity contribution in [3.8, 4) is 17.1 Å². The van der Waals surface area contributed by atoms with Crippen LogP contribution in [0.2, 0.25) is 0 Å². The van der Waals surface area contributed by atoms with E-state index in [0.29, 0.717) is 29.8 Å². The smallest absolute Gasteiger partial charge is 0.335 e. The molecule has 33 heavy (non-hydrogen) atoms. The highest BCUT2D eigenvalue weighted by molar-refractivity contribution is 6.18. The van der Waals surface area contributed by atoms with Crippen LogP contribution < -0.4 is 0 Å². The molecule has 1 aromatic heterocycles. The van der Waals surface area contributed by atoms with Gasteiger partial charge in [0.05, 0.1) is 29.1 Å². The second-order valence-corrected chi connectivity index (χ2v) is 7.58. The number of carbonyl (C=O) groups excluding carboxylic acids is 1. The number of carbonyl (C=O) groups is 2. The van der Waals surface area contributed by atoms with Gasteiger partial charge in [-0.3, -0.25) is 4.79 Å². The average Bonchev–Trinajstić information content (AvgIpc) is 3.08. The molecule has 0 fully saturated rings. The zero-order valence-corrected chi connectivity index (χ0v) is 18.0. The number of hydrogen-bond acceptors (Lipinski definition) is 3. The number of aliphatic imine (C=N–C) groups is 1. The summed E-state index contributed by atoms with van der Waals surface area (Å²) in [6.45, 7) is 2.20. The monoisotopic (exact) mass is 438 g/mol. The van der Waals surface area contributed by atoms with Gasteiger partial charge in [0.15, 0.2) is 0 Å². The third-order valence-electron chi connectivity index (χ3n) is 5.53. The lowest BCUT2D eigenvalue weighted by atomic mass is 9.98. The number of aromatic carboxylic acids is 1. The summed E-state index contributed by atoms with van der Waals surface area (Å²) in [5.74, 6) is -1.01. The van der Waals surface area contributed by atoms with Gasteiger partial charge in [-0.1, -0.05) is 72.8 Å². The van der Waals surface area contributed by atoms with Crippen LogP contribution >= 0.6 is 0 Å². The van der Waals surface area contributed by atoms with E-state index in [-0.39, 0.29) is 11.4 Å². The van der Waals surface area contributed by atoms with E-state index in [1.807, 2.05) is 67.6 Å².